The van der Waals surface area contributed by atoms with Gasteiger partial charge in [0.15, 0.2) is 0 Å². The fraction of sp³-hybridized carbons (Fsp3) is 0.938. The van der Waals surface area contributed by atoms with Crippen molar-refractivity contribution in [3.8, 4) is 0 Å². The van der Waals surface area contributed by atoms with Crippen LogP contribution in [-0.2, 0) is 4.79 Å². The average Bonchev–Trinajstić information content (AvgIpc) is 2.98. The first kappa shape index (κ1) is 20.6. The first-order valence-electron chi connectivity index (χ1n) is 8.44. The van der Waals surface area contributed by atoms with Crippen molar-refractivity contribution < 1.29 is 18.0 Å². The Kier molecular flexibility index (Phi) is 8.14. The number of amides is 1. The van der Waals surface area contributed by atoms with Crippen molar-refractivity contribution in [2.24, 2.45) is 17.8 Å². The lowest BCUT2D eigenvalue weighted by Gasteiger charge is -2.30. The van der Waals surface area contributed by atoms with E-state index in [4.69, 9.17) is 0 Å². The van der Waals surface area contributed by atoms with Crippen LogP contribution in [0, 0.1) is 17.8 Å². The standard InChI is InChI=1S/C16H27F3N2O.ClH/c1-11(12-6-8-20-9-7-12)10-14(22)21-15(16(17,18)19)13-4-2-3-5-13;/h11-13,15,20H,2-10H2,1H3,(H,21,22);1H. The summed E-state index contributed by atoms with van der Waals surface area (Å²) in [4.78, 5) is 12.1. The van der Waals surface area contributed by atoms with E-state index in [0.717, 1.165) is 38.8 Å². The zero-order valence-corrected chi connectivity index (χ0v) is 14.4. The van der Waals surface area contributed by atoms with E-state index >= 15 is 0 Å². The van der Waals surface area contributed by atoms with E-state index < -0.39 is 24.0 Å². The summed E-state index contributed by atoms with van der Waals surface area (Å²) in [6.07, 6.45) is 0.645. The van der Waals surface area contributed by atoms with Crippen molar-refractivity contribution in [3.05, 3.63) is 0 Å². The number of nitrogens with one attached hydrogen (secondary N) is 2. The Hall–Kier alpha value is -0.490. The molecule has 0 bridgehead atoms. The van der Waals surface area contributed by atoms with E-state index in [-0.39, 0.29) is 24.7 Å². The highest BCUT2D eigenvalue weighted by atomic mass is 35.5. The number of alkyl halides is 3. The third-order valence-corrected chi connectivity index (χ3v) is 5.24. The van der Waals surface area contributed by atoms with Gasteiger partial charge in [0.05, 0.1) is 0 Å². The number of piperidine rings is 1. The normalized spacial score (nSPS) is 23.1. The van der Waals surface area contributed by atoms with Gasteiger partial charge in [-0.15, -0.1) is 12.4 Å². The van der Waals surface area contributed by atoms with Crippen LogP contribution in [0.1, 0.15) is 51.9 Å². The fourth-order valence-corrected chi connectivity index (χ4v) is 3.86. The molecule has 3 nitrogen and oxygen atoms in total. The summed E-state index contributed by atoms with van der Waals surface area (Å²) in [7, 11) is 0. The van der Waals surface area contributed by atoms with Gasteiger partial charge in [0.1, 0.15) is 6.04 Å². The summed E-state index contributed by atoms with van der Waals surface area (Å²) in [6, 6.07) is -1.66. The number of rotatable bonds is 5. The molecule has 0 aromatic rings. The molecular weight excluding hydrogens is 329 g/mol. The second-order valence-corrected chi connectivity index (χ2v) is 6.90. The predicted molar refractivity (Wildman–Crippen MR) is 86.6 cm³/mol. The molecule has 23 heavy (non-hydrogen) atoms. The number of carbonyl (C=O) groups excluding carboxylic acids is 1. The van der Waals surface area contributed by atoms with E-state index in [9.17, 15) is 18.0 Å². The topological polar surface area (TPSA) is 41.1 Å². The molecular formula is C16H28ClF3N2O. The second-order valence-electron chi connectivity index (χ2n) is 6.90. The summed E-state index contributed by atoms with van der Waals surface area (Å²) in [5.41, 5.74) is 0. The molecule has 1 aliphatic heterocycles. The monoisotopic (exact) mass is 356 g/mol. The maximum atomic E-state index is 13.2. The van der Waals surface area contributed by atoms with Crippen molar-refractivity contribution >= 4 is 18.3 Å². The Bertz CT molecular complexity index is 367. The van der Waals surface area contributed by atoms with Crippen LogP contribution >= 0.6 is 12.4 Å². The van der Waals surface area contributed by atoms with E-state index in [1.807, 2.05) is 6.92 Å². The lowest BCUT2D eigenvalue weighted by Crippen LogP contribution is -2.50. The third kappa shape index (κ3) is 6.14. The van der Waals surface area contributed by atoms with Crippen LogP contribution in [0.25, 0.3) is 0 Å². The summed E-state index contributed by atoms with van der Waals surface area (Å²) in [5, 5.41) is 5.55. The molecule has 1 saturated carbocycles. The molecule has 2 fully saturated rings. The number of hydrogen-bond acceptors (Lipinski definition) is 2. The molecule has 2 aliphatic rings. The van der Waals surface area contributed by atoms with Gasteiger partial charge in [0.25, 0.3) is 0 Å². The summed E-state index contributed by atoms with van der Waals surface area (Å²) in [6.45, 7) is 3.85. The summed E-state index contributed by atoms with van der Waals surface area (Å²) in [5.74, 6) is -0.319. The lowest BCUT2D eigenvalue weighted by atomic mass is 9.84. The lowest BCUT2D eigenvalue weighted by molar-refractivity contribution is -0.172. The maximum absolute atomic E-state index is 13.2. The van der Waals surface area contributed by atoms with Gasteiger partial charge >= 0.3 is 6.18 Å². The molecule has 1 heterocycles. The molecule has 0 aromatic heterocycles. The molecule has 1 aliphatic carbocycles. The Morgan fingerprint density at radius 3 is 2.22 bits per heavy atom. The van der Waals surface area contributed by atoms with Crippen LogP contribution in [0.15, 0.2) is 0 Å². The SMILES string of the molecule is CC(CC(=O)NC(C1CCCC1)C(F)(F)F)C1CCNCC1.Cl. The van der Waals surface area contributed by atoms with Crippen LogP contribution in [0.5, 0.6) is 0 Å². The fourth-order valence-electron chi connectivity index (χ4n) is 3.86. The van der Waals surface area contributed by atoms with Gasteiger partial charge in [-0.1, -0.05) is 19.8 Å². The van der Waals surface area contributed by atoms with E-state index in [1.165, 1.54) is 0 Å². The summed E-state index contributed by atoms with van der Waals surface area (Å²) >= 11 is 0. The molecule has 2 unspecified atom stereocenters. The van der Waals surface area contributed by atoms with Crippen LogP contribution in [-0.4, -0.2) is 31.2 Å². The van der Waals surface area contributed by atoms with Gasteiger partial charge in [-0.2, -0.15) is 13.2 Å². The zero-order valence-electron chi connectivity index (χ0n) is 13.6. The van der Waals surface area contributed by atoms with Crippen molar-refractivity contribution in [1.29, 1.82) is 0 Å². The molecule has 1 amide bonds. The van der Waals surface area contributed by atoms with E-state index in [1.54, 1.807) is 0 Å². The van der Waals surface area contributed by atoms with E-state index in [0.29, 0.717) is 18.8 Å². The molecule has 0 spiro atoms. The van der Waals surface area contributed by atoms with Gasteiger partial charge < -0.3 is 10.6 Å². The molecule has 2 atom stereocenters. The molecule has 7 heteroatoms. The number of halogens is 4. The maximum Gasteiger partial charge on any atom is 0.408 e. The quantitative estimate of drug-likeness (QED) is 0.789. The first-order valence-corrected chi connectivity index (χ1v) is 8.44. The largest absolute Gasteiger partial charge is 0.408 e. The molecule has 2 rings (SSSR count). The molecule has 2 N–H and O–H groups in total. The molecule has 136 valence electrons. The first-order chi connectivity index (χ1) is 10.4. The highest BCUT2D eigenvalue weighted by Crippen LogP contribution is 2.36. The minimum atomic E-state index is -4.34. The van der Waals surface area contributed by atoms with Gasteiger partial charge in [0, 0.05) is 6.42 Å². The highest BCUT2D eigenvalue weighted by molar-refractivity contribution is 5.85. The van der Waals surface area contributed by atoms with Gasteiger partial charge in [-0.05, 0) is 56.5 Å². The van der Waals surface area contributed by atoms with Crippen LogP contribution in [0.3, 0.4) is 0 Å². The molecule has 0 radical (unpaired) electrons. The zero-order chi connectivity index (χ0) is 16.2. The van der Waals surface area contributed by atoms with Crippen LogP contribution < -0.4 is 10.6 Å². The van der Waals surface area contributed by atoms with Crippen molar-refractivity contribution in [3.63, 3.8) is 0 Å². The molecule has 1 saturated heterocycles. The van der Waals surface area contributed by atoms with Crippen molar-refractivity contribution in [1.82, 2.24) is 10.6 Å². The van der Waals surface area contributed by atoms with Gasteiger partial charge in [0.2, 0.25) is 5.91 Å². The number of carbonyl (C=O) groups is 1. The Balaban J connectivity index is 0.00000264. The Morgan fingerprint density at radius 2 is 1.70 bits per heavy atom. The predicted octanol–water partition coefficient (Wildman–Crippen LogP) is 3.67. The second kappa shape index (κ2) is 9.11. The number of hydrogen-bond donors (Lipinski definition) is 2. The van der Waals surface area contributed by atoms with Crippen molar-refractivity contribution in [2.75, 3.05) is 13.1 Å². The van der Waals surface area contributed by atoms with Gasteiger partial charge in [-0.25, -0.2) is 0 Å². The minimum Gasteiger partial charge on any atom is -0.344 e. The van der Waals surface area contributed by atoms with Gasteiger partial charge in [-0.3, -0.25) is 4.79 Å². The summed E-state index contributed by atoms with van der Waals surface area (Å²) < 4.78 is 39.6. The third-order valence-electron chi connectivity index (χ3n) is 5.24. The smallest absolute Gasteiger partial charge is 0.344 e. The Morgan fingerprint density at radius 1 is 1.13 bits per heavy atom. The Labute approximate surface area is 142 Å². The van der Waals surface area contributed by atoms with Crippen molar-refractivity contribution in [2.45, 2.75) is 64.1 Å². The van der Waals surface area contributed by atoms with Crippen LogP contribution in [0.2, 0.25) is 0 Å². The highest BCUT2D eigenvalue weighted by Gasteiger charge is 2.46. The minimum absolute atomic E-state index is 0. The molecule has 0 aromatic carbocycles. The van der Waals surface area contributed by atoms with Crippen LogP contribution in [0.4, 0.5) is 13.2 Å². The average molecular weight is 357 g/mol. The van der Waals surface area contributed by atoms with E-state index in [2.05, 4.69) is 10.6 Å².